The molecule has 1 unspecified atom stereocenters. The van der Waals surface area contributed by atoms with Crippen LogP contribution in [0.15, 0.2) is 46.4 Å². The van der Waals surface area contributed by atoms with Gasteiger partial charge in [0.1, 0.15) is 11.6 Å². The molecule has 0 N–H and O–H groups in total. The van der Waals surface area contributed by atoms with E-state index in [0.29, 0.717) is 47.9 Å². The zero-order chi connectivity index (χ0) is 22.5. The van der Waals surface area contributed by atoms with E-state index in [9.17, 15) is 18.0 Å². The van der Waals surface area contributed by atoms with Crippen LogP contribution < -0.4 is 10.3 Å². The summed E-state index contributed by atoms with van der Waals surface area (Å²) in [5.74, 6) is 0.542. The van der Waals surface area contributed by atoms with Gasteiger partial charge in [-0.25, -0.2) is 4.98 Å². The summed E-state index contributed by atoms with van der Waals surface area (Å²) in [5.41, 5.74) is 0.281. The number of benzene rings is 1. The molecule has 0 amide bonds. The molecule has 1 fully saturated rings. The van der Waals surface area contributed by atoms with Gasteiger partial charge in [-0.05, 0) is 37.6 Å². The molecule has 6 rings (SSSR count). The number of rotatable bonds is 0. The molecule has 6 nitrogen and oxygen atoms in total. The van der Waals surface area contributed by atoms with E-state index in [1.807, 2.05) is 4.90 Å². The third kappa shape index (κ3) is 3.90. The van der Waals surface area contributed by atoms with Crippen LogP contribution in [-0.4, -0.2) is 64.9 Å². The van der Waals surface area contributed by atoms with E-state index in [-0.39, 0.29) is 12.1 Å². The summed E-state index contributed by atoms with van der Waals surface area (Å²) in [6.45, 7) is 6.12. The highest BCUT2D eigenvalue weighted by molar-refractivity contribution is 5.79. The molecule has 1 atom stereocenters. The monoisotopic (exact) mass is 446 g/mol. The lowest BCUT2D eigenvalue weighted by Crippen LogP contribution is -2.47. The predicted octanol–water partition coefficient (Wildman–Crippen LogP) is 3.11. The largest absolute Gasteiger partial charge is 0.494 e. The molecule has 0 radical (unpaired) electrons. The third-order valence-electron chi connectivity index (χ3n) is 6.51. The first kappa shape index (κ1) is 21.1. The fourth-order valence-corrected chi connectivity index (χ4v) is 4.79. The van der Waals surface area contributed by atoms with Gasteiger partial charge in [0.05, 0.1) is 23.1 Å². The maximum atomic E-state index is 13.6. The summed E-state index contributed by atoms with van der Waals surface area (Å²) in [6, 6.07) is 5.24. The fourth-order valence-electron chi connectivity index (χ4n) is 4.79. The number of alkyl halides is 3. The summed E-state index contributed by atoms with van der Waals surface area (Å²) >= 11 is 0. The van der Waals surface area contributed by atoms with Crippen molar-refractivity contribution in [2.75, 3.05) is 39.3 Å². The third-order valence-corrected chi connectivity index (χ3v) is 6.51. The van der Waals surface area contributed by atoms with Crippen molar-refractivity contribution in [3.05, 3.63) is 57.8 Å². The number of nitrogens with zero attached hydrogens (tertiary/aromatic N) is 4. The van der Waals surface area contributed by atoms with Crippen molar-refractivity contribution in [2.45, 2.75) is 26.1 Å². The van der Waals surface area contributed by atoms with Crippen LogP contribution in [0.2, 0.25) is 0 Å². The number of hydrogen-bond acceptors (Lipinski definition) is 5. The standard InChI is InChI=1S/C23H25F3N4O2/c1-15-27-20-4-3-18-13-19(20)22(31)30(15)14-16-11-17(23(24,25)26)12-21(16)29-8-6-28(7-9-29)5-2-10-32-18/h3-4,11-13,16H,2,5-10,14H2,1H3. The second-order valence-corrected chi connectivity index (χ2v) is 8.58. The smallest absolute Gasteiger partial charge is 0.416 e. The lowest BCUT2D eigenvalue weighted by Gasteiger charge is -2.38. The average molecular weight is 446 g/mol. The van der Waals surface area contributed by atoms with Crippen LogP contribution in [0.5, 0.6) is 5.75 Å². The highest BCUT2D eigenvalue weighted by atomic mass is 19.4. The molecule has 1 aliphatic carbocycles. The van der Waals surface area contributed by atoms with E-state index in [1.165, 1.54) is 16.7 Å². The highest BCUT2D eigenvalue weighted by Gasteiger charge is 2.39. The van der Waals surface area contributed by atoms with Crippen LogP contribution >= 0.6 is 0 Å². The van der Waals surface area contributed by atoms with E-state index in [2.05, 4.69) is 9.88 Å². The Morgan fingerprint density at radius 1 is 1.12 bits per heavy atom. The Balaban J connectivity index is 1.60. The second kappa shape index (κ2) is 7.95. The maximum Gasteiger partial charge on any atom is 0.416 e. The molecule has 4 heterocycles. The van der Waals surface area contributed by atoms with Gasteiger partial charge in [-0.1, -0.05) is 6.08 Å². The summed E-state index contributed by atoms with van der Waals surface area (Å²) < 4.78 is 48.0. The molecule has 0 spiro atoms. The molecule has 3 aliphatic heterocycles. The number of aryl methyl sites for hydroxylation is 1. The van der Waals surface area contributed by atoms with Crippen LogP contribution in [0.4, 0.5) is 13.2 Å². The van der Waals surface area contributed by atoms with E-state index < -0.39 is 17.7 Å². The minimum atomic E-state index is -4.42. The minimum absolute atomic E-state index is 0.115. The summed E-state index contributed by atoms with van der Waals surface area (Å²) in [7, 11) is 0. The van der Waals surface area contributed by atoms with Crippen LogP contribution in [0.1, 0.15) is 12.2 Å². The molecule has 32 heavy (non-hydrogen) atoms. The number of fused-ring (bicyclic) bond motifs is 5. The van der Waals surface area contributed by atoms with Gasteiger partial charge < -0.3 is 9.64 Å². The van der Waals surface area contributed by atoms with Gasteiger partial charge in [-0.2, -0.15) is 13.2 Å². The van der Waals surface area contributed by atoms with Crippen molar-refractivity contribution in [1.82, 2.24) is 19.4 Å². The topological polar surface area (TPSA) is 50.6 Å². The Kier molecular flexibility index (Phi) is 5.23. The van der Waals surface area contributed by atoms with Crippen molar-refractivity contribution in [3.8, 4) is 5.75 Å². The lowest BCUT2D eigenvalue weighted by molar-refractivity contribution is -0.0882. The number of ether oxygens (including phenoxy) is 1. The van der Waals surface area contributed by atoms with Crippen molar-refractivity contribution >= 4 is 10.9 Å². The summed E-state index contributed by atoms with van der Waals surface area (Å²) in [5, 5.41) is 0.411. The Morgan fingerprint density at radius 2 is 1.91 bits per heavy atom. The van der Waals surface area contributed by atoms with Crippen molar-refractivity contribution in [1.29, 1.82) is 0 Å². The van der Waals surface area contributed by atoms with Gasteiger partial charge in [0.25, 0.3) is 5.56 Å². The Morgan fingerprint density at radius 3 is 2.66 bits per heavy atom. The van der Waals surface area contributed by atoms with Crippen LogP contribution in [0.25, 0.3) is 10.9 Å². The van der Waals surface area contributed by atoms with Gasteiger partial charge in [0, 0.05) is 50.9 Å². The highest BCUT2D eigenvalue weighted by Crippen LogP contribution is 2.37. The molecule has 5 bridgehead atoms. The number of halogens is 3. The SMILES string of the molecule is Cc1nc2ccc3cc2c(=O)n1CC1C=C(C(F)(F)F)C=C1N1CCN(CCCO3)CC1. The molecule has 170 valence electrons. The van der Waals surface area contributed by atoms with Crippen molar-refractivity contribution < 1.29 is 17.9 Å². The molecule has 0 saturated carbocycles. The van der Waals surface area contributed by atoms with Crippen LogP contribution in [-0.2, 0) is 6.54 Å². The number of allylic oxidation sites excluding steroid dienone is 3. The minimum Gasteiger partial charge on any atom is -0.494 e. The van der Waals surface area contributed by atoms with Crippen molar-refractivity contribution in [2.24, 2.45) is 5.92 Å². The molecule has 1 saturated heterocycles. The summed E-state index contributed by atoms with van der Waals surface area (Å²) in [6.07, 6.45) is -1.08. The first-order valence-corrected chi connectivity index (χ1v) is 10.9. The van der Waals surface area contributed by atoms with Gasteiger partial charge in [0.15, 0.2) is 0 Å². The second-order valence-electron chi connectivity index (χ2n) is 8.58. The molecule has 1 aromatic carbocycles. The van der Waals surface area contributed by atoms with Crippen LogP contribution in [0, 0.1) is 12.8 Å². The lowest BCUT2D eigenvalue weighted by atomic mass is 10.1. The fraction of sp³-hybridized carbons (Fsp3) is 0.478. The Hall–Kier alpha value is -2.81. The summed E-state index contributed by atoms with van der Waals surface area (Å²) in [4.78, 5) is 22.2. The maximum absolute atomic E-state index is 13.6. The quantitative estimate of drug-likeness (QED) is 0.623. The van der Waals surface area contributed by atoms with E-state index >= 15 is 0 Å². The van der Waals surface area contributed by atoms with Gasteiger partial charge in [-0.15, -0.1) is 0 Å². The normalized spacial score (nSPS) is 23.9. The molecule has 1 aromatic heterocycles. The van der Waals surface area contributed by atoms with E-state index in [0.717, 1.165) is 26.1 Å². The number of piperazine rings is 1. The van der Waals surface area contributed by atoms with E-state index in [1.54, 1.807) is 25.1 Å². The molecule has 2 aromatic rings. The van der Waals surface area contributed by atoms with Crippen LogP contribution in [0.3, 0.4) is 0 Å². The van der Waals surface area contributed by atoms with Gasteiger partial charge in [-0.3, -0.25) is 14.3 Å². The van der Waals surface area contributed by atoms with Gasteiger partial charge >= 0.3 is 6.18 Å². The first-order valence-electron chi connectivity index (χ1n) is 10.9. The van der Waals surface area contributed by atoms with E-state index in [4.69, 9.17) is 4.74 Å². The zero-order valence-electron chi connectivity index (χ0n) is 17.9. The molecular weight excluding hydrogens is 421 g/mol. The molecular formula is C23H25F3N4O2. The Labute approximate surface area is 183 Å². The average Bonchev–Trinajstić information content (AvgIpc) is 3.19. The molecule has 9 heteroatoms. The molecule has 4 aliphatic rings. The predicted molar refractivity (Wildman–Crippen MR) is 115 cm³/mol. The van der Waals surface area contributed by atoms with Gasteiger partial charge in [0.2, 0.25) is 0 Å². The van der Waals surface area contributed by atoms with Crippen molar-refractivity contribution in [3.63, 3.8) is 0 Å². The number of aromatic nitrogens is 2. The zero-order valence-corrected chi connectivity index (χ0v) is 17.9. The Bertz CT molecular complexity index is 1160. The first-order chi connectivity index (χ1) is 15.3. The number of hydrogen-bond donors (Lipinski definition) is 0.